The third-order valence-electron chi connectivity index (χ3n) is 4.67. The number of amides is 1. The predicted octanol–water partition coefficient (Wildman–Crippen LogP) is 4.25. The standard InChI is InChI=1S/C21H15F5N4O5/c1-11(12-8-13(21(24,25)26)10-14(9-12)30(33)34)27-19(32)15-6-7-18(31)29(28-15)16-4-2-3-5-17(16)35-20(22)23/h2-11,20H,1H3,(H,27,32). The number of nitrogens with zero attached hydrogens (tertiary/aromatic N) is 3. The lowest BCUT2D eigenvalue weighted by Crippen LogP contribution is -2.31. The number of nitro benzene ring substituents is 1. The lowest BCUT2D eigenvalue weighted by molar-refractivity contribution is -0.385. The second-order valence-electron chi connectivity index (χ2n) is 7.08. The van der Waals surface area contributed by atoms with E-state index in [0.717, 1.165) is 24.3 Å². The number of para-hydroxylation sites is 2. The van der Waals surface area contributed by atoms with Crippen molar-refractivity contribution in [1.29, 1.82) is 0 Å². The number of hydrogen-bond acceptors (Lipinski definition) is 6. The summed E-state index contributed by atoms with van der Waals surface area (Å²) in [6, 6.07) is 7.91. The molecule has 9 nitrogen and oxygen atoms in total. The fourth-order valence-electron chi connectivity index (χ4n) is 3.04. The number of aromatic nitrogens is 2. The van der Waals surface area contributed by atoms with E-state index in [1.807, 2.05) is 0 Å². The molecule has 1 amide bonds. The molecule has 0 fully saturated rings. The van der Waals surface area contributed by atoms with Crippen molar-refractivity contribution in [2.75, 3.05) is 0 Å². The lowest BCUT2D eigenvalue weighted by atomic mass is 10.0. The highest BCUT2D eigenvalue weighted by Crippen LogP contribution is 2.34. The van der Waals surface area contributed by atoms with E-state index in [9.17, 15) is 41.7 Å². The molecule has 1 heterocycles. The Morgan fingerprint density at radius 2 is 1.83 bits per heavy atom. The molecule has 0 saturated heterocycles. The van der Waals surface area contributed by atoms with Gasteiger partial charge in [0.15, 0.2) is 5.75 Å². The maximum atomic E-state index is 13.1. The normalized spacial score (nSPS) is 12.3. The fraction of sp³-hybridized carbons (Fsp3) is 0.190. The number of alkyl halides is 5. The number of carbonyl (C=O) groups excluding carboxylic acids is 1. The third kappa shape index (κ3) is 5.96. The Morgan fingerprint density at radius 1 is 1.14 bits per heavy atom. The summed E-state index contributed by atoms with van der Waals surface area (Å²) in [5.41, 5.74) is -3.65. The molecule has 0 aliphatic rings. The molecule has 0 radical (unpaired) electrons. The van der Waals surface area contributed by atoms with E-state index in [1.54, 1.807) is 0 Å². The van der Waals surface area contributed by atoms with Crippen molar-refractivity contribution in [2.45, 2.75) is 25.8 Å². The van der Waals surface area contributed by atoms with Gasteiger partial charge in [0.1, 0.15) is 11.4 Å². The summed E-state index contributed by atoms with van der Waals surface area (Å²) in [5.74, 6) is -1.34. The van der Waals surface area contributed by atoms with Gasteiger partial charge in [-0.2, -0.15) is 31.7 Å². The van der Waals surface area contributed by atoms with Crippen LogP contribution in [0.4, 0.5) is 27.6 Å². The summed E-state index contributed by atoms with van der Waals surface area (Å²) in [6.07, 6.45) is -4.87. The maximum Gasteiger partial charge on any atom is 0.416 e. The van der Waals surface area contributed by atoms with Crippen LogP contribution in [0.5, 0.6) is 5.75 Å². The summed E-state index contributed by atoms with van der Waals surface area (Å²) in [7, 11) is 0. The van der Waals surface area contributed by atoms with Gasteiger partial charge in [0, 0.05) is 18.2 Å². The Kier molecular flexibility index (Phi) is 7.12. The van der Waals surface area contributed by atoms with Gasteiger partial charge < -0.3 is 10.1 Å². The molecule has 3 aromatic rings. The van der Waals surface area contributed by atoms with E-state index in [-0.39, 0.29) is 22.7 Å². The highest BCUT2D eigenvalue weighted by molar-refractivity contribution is 5.92. The molecular weight excluding hydrogens is 483 g/mol. The Bertz CT molecular complexity index is 1330. The van der Waals surface area contributed by atoms with E-state index in [1.165, 1.54) is 25.1 Å². The monoisotopic (exact) mass is 498 g/mol. The average molecular weight is 498 g/mol. The summed E-state index contributed by atoms with van der Waals surface area (Å²) in [4.78, 5) is 35.0. The van der Waals surface area contributed by atoms with E-state index < -0.39 is 46.5 Å². The number of nitrogens with one attached hydrogen (secondary N) is 1. The molecule has 35 heavy (non-hydrogen) atoms. The van der Waals surface area contributed by atoms with Crippen LogP contribution in [0.3, 0.4) is 0 Å². The van der Waals surface area contributed by atoms with Gasteiger partial charge in [-0.3, -0.25) is 19.7 Å². The van der Waals surface area contributed by atoms with E-state index in [2.05, 4.69) is 15.2 Å². The number of rotatable bonds is 7. The number of ether oxygens (including phenoxy) is 1. The average Bonchev–Trinajstić information content (AvgIpc) is 2.78. The molecule has 0 saturated carbocycles. The van der Waals surface area contributed by atoms with Crippen LogP contribution in [0.25, 0.3) is 5.69 Å². The van der Waals surface area contributed by atoms with Crippen molar-refractivity contribution < 1.29 is 36.4 Å². The van der Waals surface area contributed by atoms with E-state index in [0.29, 0.717) is 16.8 Å². The van der Waals surface area contributed by atoms with Crippen molar-refractivity contribution >= 4 is 11.6 Å². The van der Waals surface area contributed by atoms with Gasteiger partial charge in [-0.25, -0.2) is 0 Å². The van der Waals surface area contributed by atoms with Crippen LogP contribution in [0, 0.1) is 10.1 Å². The van der Waals surface area contributed by atoms with Gasteiger partial charge in [-0.1, -0.05) is 12.1 Å². The molecule has 1 atom stereocenters. The van der Waals surface area contributed by atoms with Crippen molar-refractivity contribution in [3.8, 4) is 11.4 Å². The number of benzene rings is 2. The summed E-state index contributed by atoms with van der Waals surface area (Å²) >= 11 is 0. The van der Waals surface area contributed by atoms with Gasteiger partial charge >= 0.3 is 12.8 Å². The molecule has 0 aliphatic carbocycles. The van der Waals surface area contributed by atoms with Crippen molar-refractivity contribution in [3.63, 3.8) is 0 Å². The van der Waals surface area contributed by atoms with Gasteiger partial charge in [0.2, 0.25) is 0 Å². The van der Waals surface area contributed by atoms with Crippen LogP contribution in [-0.2, 0) is 6.18 Å². The second-order valence-corrected chi connectivity index (χ2v) is 7.08. The van der Waals surface area contributed by atoms with Crippen LogP contribution in [0.2, 0.25) is 0 Å². The minimum Gasteiger partial charge on any atom is -0.433 e. The first-order chi connectivity index (χ1) is 16.4. The quantitative estimate of drug-likeness (QED) is 0.296. The second kappa shape index (κ2) is 9.87. The van der Waals surface area contributed by atoms with Crippen LogP contribution < -0.4 is 15.6 Å². The lowest BCUT2D eigenvalue weighted by Gasteiger charge is -2.17. The molecule has 2 aromatic carbocycles. The number of hydrogen-bond donors (Lipinski definition) is 1. The largest absolute Gasteiger partial charge is 0.433 e. The SMILES string of the molecule is CC(NC(=O)c1ccc(=O)n(-c2ccccc2OC(F)F)n1)c1cc([N+](=O)[O-])cc(C(F)(F)F)c1. The zero-order valence-corrected chi connectivity index (χ0v) is 17.6. The molecule has 1 unspecified atom stereocenters. The van der Waals surface area contributed by atoms with Crippen LogP contribution >= 0.6 is 0 Å². The fourth-order valence-corrected chi connectivity index (χ4v) is 3.04. The molecule has 1 N–H and O–H groups in total. The number of non-ortho nitro benzene ring substituents is 1. The maximum absolute atomic E-state index is 13.1. The van der Waals surface area contributed by atoms with Gasteiger partial charge in [0.05, 0.1) is 16.5 Å². The number of halogens is 5. The minimum absolute atomic E-state index is 0.186. The first-order valence-electron chi connectivity index (χ1n) is 9.69. The smallest absolute Gasteiger partial charge is 0.416 e. The van der Waals surface area contributed by atoms with E-state index >= 15 is 0 Å². The van der Waals surface area contributed by atoms with Gasteiger partial charge in [0.25, 0.3) is 17.2 Å². The zero-order chi connectivity index (χ0) is 25.9. The van der Waals surface area contributed by atoms with Crippen LogP contribution in [-0.4, -0.2) is 27.2 Å². The molecule has 3 rings (SSSR count). The molecule has 184 valence electrons. The van der Waals surface area contributed by atoms with Crippen molar-refractivity contribution in [2.24, 2.45) is 0 Å². The molecule has 14 heteroatoms. The van der Waals surface area contributed by atoms with Crippen molar-refractivity contribution in [3.05, 3.63) is 91.9 Å². The number of nitro groups is 1. The molecule has 0 bridgehead atoms. The highest BCUT2D eigenvalue weighted by atomic mass is 19.4. The summed E-state index contributed by atoms with van der Waals surface area (Å²) in [5, 5.41) is 17.2. The summed E-state index contributed by atoms with van der Waals surface area (Å²) < 4.78 is 69.9. The Morgan fingerprint density at radius 3 is 2.46 bits per heavy atom. The topological polar surface area (TPSA) is 116 Å². The van der Waals surface area contributed by atoms with Crippen molar-refractivity contribution in [1.82, 2.24) is 15.1 Å². The number of carbonyl (C=O) groups is 1. The highest BCUT2D eigenvalue weighted by Gasteiger charge is 2.33. The van der Waals surface area contributed by atoms with E-state index in [4.69, 9.17) is 0 Å². The summed E-state index contributed by atoms with van der Waals surface area (Å²) in [6.45, 7) is -1.91. The minimum atomic E-state index is -4.87. The molecular formula is C21H15F5N4O5. The van der Waals surface area contributed by atoms with Gasteiger partial charge in [-0.05, 0) is 36.8 Å². The Labute approximate surface area is 192 Å². The molecule has 1 aromatic heterocycles. The molecule has 0 aliphatic heterocycles. The first kappa shape index (κ1) is 25.3. The third-order valence-corrected chi connectivity index (χ3v) is 4.67. The first-order valence-corrected chi connectivity index (χ1v) is 9.69. The van der Waals surface area contributed by atoms with Crippen LogP contribution in [0.15, 0.2) is 59.4 Å². The van der Waals surface area contributed by atoms with Gasteiger partial charge in [-0.15, -0.1) is 0 Å². The van der Waals surface area contributed by atoms with Crippen LogP contribution in [0.1, 0.15) is 34.6 Å². The zero-order valence-electron chi connectivity index (χ0n) is 17.6. The molecule has 0 spiro atoms. The Hall–Kier alpha value is -4.36. The Balaban J connectivity index is 1.93. The predicted molar refractivity (Wildman–Crippen MR) is 110 cm³/mol.